The van der Waals surface area contributed by atoms with Gasteiger partial charge in [0, 0.05) is 6.20 Å². The van der Waals surface area contributed by atoms with Crippen LogP contribution in [0.3, 0.4) is 0 Å². The molecule has 1 aromatic rings. The average molecular weight is 219 g/mol. The molecule has 0 saturated heterocycles. The van der Waals surface area contributed by atoms with Crippen molar-refractivity contribution in [1.82, 2.24) is 4.98 Å². The van der Waals surface area contributed by atoms with Crippen molar-refractivity contribution >= 4 is 10.2 Å². The molecular weight excluding hydrogens is 213 g/mol. The summed E-state index contributed by atoms with van der Waals surface area (Å²) in [4.78, 5) is 2.67. The van der Waals surface area contributed by atoms with Crippen LogP contribution in [-0.2, 0) is 0 Å². The zero-order valence-corrected chi connectivity index (χ0v) is 7.29. The van der Waals surface area contributed by atoms with Gasteiger partial charge in [-0.2, -0.15) is 0 Å². The summed E-state index contributed by atoms with van der Waals surface area (Å²) >= 11 is 0. The SMILES string of the molecule is Cc1cccnc1S(F)(F)(F)(F)F. The average Bonchev–Trinajstić information content (AvgIpc) is 1.82. The molecule has 1 heterocycles. The number of aromatic nitrogens is 1. The number of hydrogen-bond acceptors (Lipinski definition) is 1. The Labute approximate surface area is 71.3 Å². The van der Waals surface area contributed by atoms with Gasteiger partial charge in [0.25, 0.3) is 0 Å². The lowest BCUT2D eigenvalue weighted by molar-refractivity contribution is 0.357. The van der Waals surface area contributed by atoms with Gasteiger partial charge in [-0.05, 0) is 18.6 Å². The van der Waals surface area contributed by atoms with Crippen molar-refractivity contribution in [3.63, 3.8) is 0 Å². The first kappa shape index (κ1) is 10.2. The highest BCUT2D eigenvalue weighted by molar-refractivity contribution is 8.45. The maximum atomic E-state index is 12.1. The molecule has 0 aliphatic rings. The fraction of sp³-hybridized carbons (Fsp3) is 0.167. The predicted molar refractivity (Wildman–Crippen MR) is 40.4 cm³/mol. The highest BCUT2D eigenvalue weighted by Gasteiger charge is 2.67. The van der Waals surface area contributed by atoms with E-state index in [2.05, 4.69) is 4.98 Å². The lowest BCUT2D eigenvalue weighted by Gasteiger charge is -2.39. The lowest BCUT2D eigenvalue weighted by Crippen LogP contribution is -2.10. The summed E-state index contributed by atoms with van der Waals surface area (Å²) in [5, 5.41) is -2.05. The molecule has 0 fully saturated rings. The molecule has 0 spiro atoms. The monoisotopic (exact) mass is 219 g/mol. The minimum Gasteiger partial charge on any atom is -0.241 e. The van der Waals surface area contributed by atoms with Gasteiger partial charge in [-0.1, -0.05) is 25.5 Å². The Balaban J connectivity index is 3.50. The summed E-state index contributed by atoms with van der Waals surface area (Å²) in [6.45, 7) is 0.945. The van der Waals surface area contributed by atoms with E-state index in [0.29, 0.717) is 6.20 Å². The Kier molecular flexibility index (Phi) is 1.55. The summed E-state index contributed by atoms with van der Waals surface area (Å²) in [5.74, 6) is 0. The van der Waals surface area contributed by atoms with E-state index in [9.17, 15) is 19.4 Å². The molecule has 7 heteroatoms. The van der Waals surface area contributed by atoms with Crippen LogP contribution in [0.15, 0.2) is 23.4 Å². The molecule has 13 heavy (non-hydrogen) atoms. The third kappa shape index (κ3) is 2.30. The number of rotatable bonds is 1. The molecule has 0 aliphatic heterocycles. The molecule has 1 rings (SSSR count). The summed E-state index contributed by atoms with van der Waals surface area (Å²) in [6.07, 6.45) is 0.695. The summed E-state index contributed by atoms with van der Waals surface area (Å²) in [5.41, 5.74) is -0.568. The molecule has 76 valence electrons. The minimum atomic E-state index is -9.59. The molecule has 0 atom stereocenters. The number of pyridine rings is 1. The second-order valence-electron chi connectivity index (χ2n) is 2.59. The van der Waals surface area contributed by atoms with Gasteiger partial charge in [0.05, 0.1) is 0 Å². The molecule has 0 amide bonds. The van der Waals surface area contributed by atoms with E-state index >= 15 is 0 Å². The van der Waals surface area contributed by atoms with Gasteiger partial charge in [0.2, 0.25) is 0 Å². The van der Waals surface area contributed by atoms with Gasteiger partial charge < -0.3 is 0 Å². The molecule has 0 unspecified atom stereocenters. The molecule has 0 saturated carbocycles. The van der Waals surface area contributed by atoms with Crippen molar-refractivity contribution in [3.8, 4) is 0 Å². The molecule has 0 aliphatic carbocycles. The van der Waals surface area contributed by atoms with Crippen LogP contribution in [0.5, 0.6) is 0 Å². The number of aryl methyl sites for hydroxylation is 1. The highest BCUT2D eigenvalue weighted by atomic mass is 32.5. The first-order valence-electron chi connectivity index (χ1n) is 3.16. The van der Waals surface area contributed by atoms with Crippen LogP contribution in [0.4, 0.5) is 19.4 Å². The van der Waals surface area contributed by atoms with Crippen molar-refractivity contribution in [2.24, 2.45) is 0 Å². The third-order valence-electron chi connectivity index (χ3n) is 1.33. The van der Waals surface area contributed by atoms with Crippen molar-refractivity contribution < 1.29 is 19.4 Å². The smallest absolute Gasteiger partial charge is 0.241 e. The minimum absolute atomic E-state index is 0.568. The van der Waals surface area contributed by atoms with Gasteiger partial charge >= 0.3 is 10.2 Å². The second-order valence-corrected chi connectivity index (χ2v) is 4.92. The van der Waals surface area contributed by atoms with E-state index < -0.39 is 20.8 Å². The number of nitrogens with zero attached hydrogens (tertiary/aromatic N) is 1. The van der Waals surface area contributed by atoms with Gasteiger partial charge in [0.15, 0.2) is 5.03 Å². The molecule has 0 N–H and O–H groups in total. The summed E-state index contributed by atoms with van der Waals surface area (Å²) in [7, 11) is -9.59. The molecule has 0 aromatic carbocycles. The van der Waals surface area contributed by atoms with Gasteiger partial charge in [0.1, 0.15) is 0 Å². The Morgan fingerprint density at radius 3 is 2.00 bits per heavy atom. The van der Waals surface area contributed by atoms with Gasteiger partial charge in [-0.25, -0.2) is 4.98 Å². The lowest BCUT2D eigenvalue weighted by atomic mass is 10.3. The standard InChI is InChI=1S/C6H6F5NS/c1-5-3-2-4-12-6(5)13(7,8,9,10)11/h2-4H,1H3. The molecule has 0 radical (unpaired) electrons. The predicted octanol–water partition coefficient (Wildman–Crippen LogP) is 4.05. The van der Waals surface area contributed by atoms with Crippen LogP contribution in [0.2, 0.25) is 0 Å². The molecule has 1 aromatic heterocycles. The maximum absolute atomic E-state index is 12.1. The quantitative estimate of drug-likeness (QED) is 0.649. The molecular formula is C6H6F5NS. The largest absolute Gasteiger partial charge is 0.326 e. The van der Waals surface area contributed by atoms with E-state index in [1.165, 1.54) is 6.07 Å². The van der Waals surface area contributed by atoms with Gasteiger partial charge in [-0.3, -0.25) is 0 Å². The zero-order chi connectivity index (χ0) is 10.4. The molecule has 1 nitrogen and oxygen atoms in total. The summed E-state index contributed by atoms with van der Waals surface area (Å²) in [6, 6.07) is 2.11. The number of hydrogen-bond donors (Lipinski definition) is 0. The number of halogens is 5. The topological polar surface area (TPSA) is 12.9 Å². The Bertz CT molecular complexity index is 342. The second kappa shape index (κ2) is 1.97. The van der Waals surface area contributed by atoms with Crippen LogP contribution in [0.1, 0.15) is 5.56 Å². The van der Waals surface area contributed by atoms with Crippen LogP contribution >= 0.6 is 10.2 Å². The Morgan fingerprint density at radius 2 is 1.69 bits per heavy atom. The maximum Gasteiger partial charge on any atom is 0.326 e. The highest BCUT2D eigenvalue weighted by Crippen LogP contribution is 3.02. The van der Waals surface area contributed by atoms with E-state index in [1.54, 1.807) is 0 Å². The van der Waals surface area contributed by atoms with E-state index in [1.807, 2.05) is 0 Å². The van der Waals surface area contributed by atoms with E-state index in [4.69, 9.17) is 0 Å². The fourth-order valence-electron chi connectivity index (χ4n) is 0.875. The van der Waals surface area contributed by atoms with Gasteiger partial charge in [-0.15, -0.1) is 0 Å². The first-order chi connectivity index (χ1) is 5.50. The van der Waals surface area contributed by atoms with Crippen molar-refractivity contribution in [2.45, 2.75) is 11.9 Å². The third-order valence-corrected chi connectivity index (χ3v) is 2.48. The molecule has 0 bridgehead atoms. The Morgan fingerprint density at radius 1 is 1.15 bits per heavy atom. The van der Waals surface area contributed by atoms with Crippen LogP contribution in [0, 0.1) is 6.92 Å². The zero-order valence-electron chi connectivity index (χ0n) is 6.48. The fourth-order valence-corrected chi connectivity index (χ4v) is 1.81. The van der Waals surface area contributed by atoms with E-state index in [0.717, 1.165) is 13.0 Å². The first-order valence-corrected chi connectivity index (χ1v) is 5.11. The van der Waals surface area contributed by atoms with Crippen molar-refractivity contribution in [2.75, 3.05) is 0 Å². The van der Waals surface area contributed by atoms with Crippen molar-refractivity contribution in [3.05, 3.63) is 23.9 Å². The normalized spacial score (nSPS) is 17.7. The van der Waals surface area contributed by atoms with Crippen LogP contribution in [0.25, 0.3) is 0 Å². The van der Waals surface area contributed by atoms with Crippen molar-refractivity contribution in [1.29, 1.82) is 0 Å². The van der Waals surface area contributed by atoms with Crippen LogP contribution in [-0.4, -0.2) is 4.98 Å². The summed E-state index contributed by atoms with van der Waals surface area (Å²) < 4.78 is 60.7. The Hall–Kier alpha value is -0.850. The van der Waals surface area contributed by atoms with E-state index in [-0.39, 0.29) is 0 Å². The van der Waals surface area contributed by atoms with Crippen LogP contribution < -0.4 is 0 Å².